The van der Waals surface area contributed by atoms with Gasteiger partial charge in [-0.3, -0.25) is 9.78 Å². The summed E-state index contributed by atoms with van der Waals surface area (Å²) in [5.41, 5.74) is 3.12. The Bertz CT molecular complexity index is 1260. The Morgan fingerprint density at radius 2 is 1.94 bits per heavy atom. The number of alkyl halides is 2. The lowest BCUT2D eigenvalue weighted by Gasteiger charge is -2.37. The first-order chi connectivity index (χ1) is 16.7. The molecule has 2 aromatic heterocycles. The fourth-order valence-corrected chi connectivity index (χ4v) is 4.37. The minimum absolute atomic E-state index is 0.00262. The predicted octanol–water partition coefficient (Wildman–Crippen LogP) is 4.03. The molecule has 1 aromatic carbocycles. The van der Waals surface area contributed by atoms with E-state index in [0.29, 0.717) is 41.0 Å². The Hall–Kier alpha value is -3.40. The zero-order valence-corrected chi connectivity index (χ0v) is 19.6. The molecule has 1 amide bonds. The van der Waals surface area contributed by atoms with E-state index in [1.165, 1.54) is 12.3 Å². The van der Waals surface area contributed by atoms with Crippen LogP contribution in [0.3, 0.4) is 0 Å². The molecule has 0 radical (unpaired) electrons. The topological polar surface area (TPSA) is 75.1 Å². The van der Waals surface area contributed by atoms with Crippen LogP contribution in [0.15, 0.2) is 43.0 Å². The Morgan fingerprint density at radius 3 is 2.69 bits per heavy atom. The lowest BCUT2D eigenvalue weighted by Crippen LogP contribution is -2.53. The summed E-state index contributed by atoms with van der Waals surface area (Å²) in [6.45, 7) is 2.06. The van der Waals surface area contributed by atoms with Crippen molar-refractivity contribution in [2.45, 2.75) is 44.2 Å². The van der Waals surface area contributed by atoms with E-state index in [1.807, 2.05) is 0 Å². The van der Waals surface area contributed by atoms with Gasteiger partial charge in [-0.05, 0) is 62.6 Å². The summed E-state index contributed by atoms with van der Waals surface area (Å²) in [5, 5.41) is 10.1. The molecule has 0 bridgehead atoms. The number of nitrogens with zero attached hydrogens (tertiary/aromatic N) is 4. The summed E-state index contributed by atoms with van der Waals surface area (Å²) in [6, 6.07) is 3.75. The van der Waals surface area contributed by atoms with Gasteiger partial charge < -0.3 is 15.5 Å². The number of likely N-dealkylation sites (tertiary alicyclic amines) is 1. The van der Waals surface area contributed by atoms with Gasteiger partial charge in [0.2, 0.25) is 0 Å². The molecule has 1 aliphatic heterocycles. The van der Waals surface area contributed by atoms with Crippen molar-refractivity contribution >= 4 is 11.6 Å². The van der Waals surface area contributed by atoms with Gasteiger partial charge in [0.1, 0.15) is 5.82 Å². The molecule has 2 N–H and O–H groups in total. The van der Waals surface area contributed by atoms with E-state index >= 15 is 0 Å². The van der Waals surface area contributed by atoms with Crippen LogP contribution in [0.25, 0.3) is 16.8 Å². The van der Waals surface area contributed by atoms with Crippen LogP contribution in [0.1, 0.15) is 35.2 Å². The number of carbonyl (C=O) groups is 1. The number of aromatic nitrogens is 3. The van der Waals surface area contributed by atoms with Crippen LogP contribution >= 0.6 is 0 Å². The second kappa shape index (κ2) is 8.99. The highest BCUT2D eigenvalue weighted by Crippen LogP contribution is 2.31. The number of rotatable bonds is 6. The number of piperidine rings is 1. The summed E-state index contributed by atoms with van der Waals surface area (Å²) >= 11 is 0. The van der Waals surface area contributed by atoms with Gasteiger partial charge in [0.15, 0.2) is 0 Å². The fourth-order valence-electron chi connectivity index (χ4n) is 4.37. The van der Waals surface area contributed by atoms with Crippen LogP contribution in [0.5, 0.6) is 0 Å². The molecule has 3 aromatic rings. The number of anilines is 1. The minimum atomic E-state index is -2.86. The minimum Gasteiger partial charge on any atom is -0.375 e. The number of hydrogen-bond donors (Lipinski definition) is 2. The molecule has 1 saturated heterocycles. The van der Waals surface area contributed by atoms with Gasteiger partial charge in [-0.15, -0.1) is 0 Å². The van der Waals surface area contributed by atoms with Gasteiger partial charge in [0, 0.05) is 24.3 Å². The number of halogens is 3. The van der Waals surface area contributed by atoms with Crippen molar-refractivity contribution in [1.29, 1.82) is 0 Å². The van der Waals surface area contributed by atoms with Crippen molar-refractivity contribution in [3.05, 3.63) is 59.9 Å². The second-order valence-corrected chi connectivity index (χ2v) is 9.48. The second-order valence-electron chi connectivity index (χ2n) is 9.48. The Balaban J connectivity index is 1.38. The Morgan fingerprint density at radius 1 is 1.14 bits per heavy atom. The summed E-state index contributed by atoms with van der Waals surface area (Å²) in [6.07, 6.45) is 8.60. The summed E-state index contributed by atoms with van der Waals surface area (Å²) in [4.78, 5) is 18.3. The van der Waals surface area contributed by atoms with Crippen molar-refractivity contribution in [3.63, 3.8) is 0 Å². The smallest absolute Gasteiger partial charge is 0.280 e. The molecular formula is C25H27F3N6O. The Labute approximate surface area is 201 Å². The molecule has 35 heavy (non-hydrogen) atoms. The number of hydrogen-bond acceptors (Lipinski definition) is 5. The predicted molar refractivity (Wildman–Crippen MR) is 126 cm³/mol. The van der Waals surface area contributed by atoms with Crippen LogP contribution in [-0.2, 0) is 0 Å². The monoisotopic (exact) mass is 484 g/mol. The van der Waals surface area contributed by atoms with Crippen LogP contribution in [0, 0.1) is 12.7 Å². The molecule has 0 spiro atoms. The third-order valence-electron chi connectivity index (χ3n) is 6.48. The fraction of sp³-hybridized carbons (Fsp3) is 0.400. The molecule has 1 atom stereocenters. The molecule has 10 heteroatoms. The maximum atomic E-state index is 14.5. The van der Waals surface area contributed by atoms with Crippen molar-refractivity contribution in [2.24, 2.45) is 0 Å². The normalized spacial score (nSPS) is 20.0. The molecule has 2 aliphatic rings. The van der Waals surface area contributed by atoms with Crippen LogP contribution < -0.4 is 10.6 Å². The van der Waals surface area contributed by atoms with Gasteiger partial charge in [0.05, 0.1) is 48.1 Å². The van der Waals surface area contributed by atoms with Crippen molar-refractivity contribution in [1.82, 2.24) is 25.0 Å². The highest BCUT2D eigenvalue weighted by molar-refractivity contribution is 5.96. The van der Waals surface area contributed by atoms with Gasteiger partial charge >= 0.3 is 0 Å². The van der Waals surface area contributed by atoms with Crippen molar-refractivity contribution in [3.8, 4) is 16.8 Å². The van der Waals surface area contributed by atoms with E-state index in [1.54, 1.807) is 54.3 Å². The van der Waals surface area contributed by atoms with E-state index in [2.05, 4.69) is 20.7 Å². The third-order valence-corrected chi connectivity index (χ3v) is 6.48. The zero-order chi connectivity index (χ0) is 24.7. The quantitative estimate of drug-likeness (QED) is 0.553. The van der Waals surface area contributed by atoms with Crippen LogP contribution in [-0.4, -0.2) is 63.7 Å². The molecule has 0 unspecified atom stereocenters. The number of aryl methyl sites for hydroxylation is 1. The lowest BCUT2D eigenvalue weighted by molar-refractivity contribution is -0.0673. The molecule has 184 valence electrons. The highest BCUT2D eigenvalue weighted by atomic mass is 19.3. The van der Waals surface area contributed by atoms with Crippen molar-refractivity contribution < 1.29 is 18.0 Å². The molecule has 2 fully saturated rings. The molecule has 3 heterocycles. The van der Waals surface area contributed by atoms with Crippen LogP contribution in [0.4, 0.5) is 18.9 Å². The summed E-state index contributed by atoms with van der Waals surface area (Å²) < 4.78 is 45.0. The molecular weight excluding hydrogens is 457 g/mol. The van der Waals surface area contributed by atoms with Gasteiger partial charge in [-0.1, -0.05) is 0 Å². The van der Waals surface area contributed by atoms with E-state index in [0.717, 1.165) is 12.8 Å². The molecule has 1 aliphatic carbocycles. The van der Waals surface area contributed by atoms with Gasteiger partial charge in [-0.25, -0.2) is 17.9 Å². The van der Waals surface area contributed by atoms with Crippen LogP contribution in [0.2, 0.25) is 0 Å². The first-order valence-electron chi connectivity index (χ1n) is 11.6. The van der Waals surface area contributed by atoms with Gasteiger partial charge in [0.25, 0.3) is 11.8 Å². The number of carbonyl (C=O) groups excluding carboxylic acids is 1. The summed E-state index contributed by atoms with van der Waals surface area (Å²) in [7, 11) is 1.69. The number of benzene rings is 1. The average Bonchev–Trinajstić information content (AvgIpc) is 3.47. The van der Waals surface area contributed by atoms with E-state index in [9.17, 15) is 18.0 Å². The zero-order valence-electron chi connectivity index (χ0n) is 19.6. The van der Waals surface area contributed by atoms with E-state index < -0.39 is 23.7 Å². The largest absolute Gasteiger partial charge is 0.375 e. The first kappa shape index (κ1) is 23.3. The standard InChI is InChI=1S/C25H27F3N6O/c1-15-7-22(26)21(24(35)32-17-3-4-17)9-20(15)16-10-30-34(13-16)19-8-18(11-29-12-19)31-23-5-6-33(2)14-25(23,27)28/h7-13,17,23,31H,3-6,14H2,1-2H3,(H,32,35)/t23-/m1/s1. The van der Waals surface area contributed by atoms with E-state index in [4.69, 9.17) is 0 Å². The molecule has 7 nitrogen and oxygen atoms in total. The SMILES string of the molecule is Cc1cc(F)c(C(=O)NC2CC2)cc1-c1cnn(-c2cncc(N[C@@H]3CCN(C)CC3(F)F)c2)c1. The number of nitrogens with one attached hydrogen (secondary N) is 2. The molecule has 5 rings (SSSR count). The first-order valence-corrected chi connectivity index (χ1v) is 11.6. The van der Waals surface area contributed by atoms with Gasteiger partial charge in [-0.2, -0.15) is 5.10 Å². The maximum Gasteiger partial charge on any atom is 0.280 e. The van der Waals surface area contributed by atoms with E-state index in [-0.39, 0.29) is 18.2 Å². The maximum absolute atomic E-state index is 14.5. The third kappa shape index (κ3) is 5.02. The number of pyridine rings is 1. The van der Waals surface area contributed by atoms with Crippen molar-refractivity contribution in [2.75, 3.05) is 25.5 Å². The lowest BCUT2D eigenvalue weighted by atomic mass is 9.99. The average molecular weight is 485 g/mol. The highest BCUT2D eigenvalue weighted by Gasteiger charge is 2.43. The number of amides is 1. The molecule has 1 saturated carbocycles. The summed E-state index contributed by atoms with van der Waals surface area (Å²) in [5.74, 6) is -3.84. The Kier molecular flexibility index (Phi) is 6.00.